The van der Waals surface area contributed by atoms with Gasteiger partial charge in [0.2, 0.25) is 0 Å². The van der Waals surface area contributed by atoms with Crippen molar-refractivity contribution < 1.29 is 19.1 Å². The van der Waals surface area contributed by atoms with E-state index >= 15 is 0 Å². The lowest BCUT2D eigenvalue weighted by Crippen LogP contribution is -2.20. The Morgan fingerprint density at radius 3 is 2.63 bits per heavy atom. The smallest absolute Gasteiger partial charge is 0.262 e. The number of rotatable bonds is 6. The number of ether oxygens (including phenoxy) is 1. The van der Waals surface area contributed by atoms with Crippen LogP contribution in [0.2, 0.25) is 10.0 Å². The number of halogens is 2. The first-order valence-electron chi connectivity index (χ1n) is 8.14. The highest BCUT2D eigenvalue weighted by molar-refractivity contribution is 6.35. The van der Waals surface area contributed by atoms with E-state index in [0.29, 0.717) is 33.0 Å². The molecule has 0 saturated carbocycles. The zero-order chi connectivity index (χ0) is 19.4. The maximum Gasteiger partial charge on any atom is 0.262 e. The van der Waals surface area contributed by atoms with E-state index in [9.17, 15) is 4.79 Å². The van der Waals surface area contributed by atoms with E-state index in [1.165, 1.54) is 0 Å². The van der Waals surface area contributed by atoms with Crippen molar-refractivity contribution in [3.63, 3.8) is 0 Å². The Hall–Kier alpha value is -2.47. The topological polar surface area (TPSA) is 71.7 Å². The zero-order valence-corrected chi connectivity index (χ0v) is 16.0. The number of aliphatic hydroxyl groups excluding tert-OH is 1. The maximum atomic E-state index is 12.1. The Bertz CT molecular complexity index is 968. The Kier molecular flexibility index (Phi) is 6.06. The number of hydrogen-bond donors (Lipinski definition) is 2. The molecule has 0 aliphatic rings. The van der Waals surface area contributed by atoms with Crippen molar-refractivity contribution in [3.8, 4) is 17.1 Å². The Morgan fingerprint density at radius 2 is 1.96 bits per heavy atom. The number of amides is 1. The number of anilines is 1. The van der Waals surface area contributed by atoms with E-state index in [1.54, 1.807) is 36.4 Å². The van der Waals surface area contributed by atoms with Gasteiger partial charge in [0.1, 0.15) is 23.9 Å². The highest BCUT2D eigenvalue weighted by Crippen LogP contribution is 2.29. The molecule has 0 unspecified atom stereocenters. The van der Waals surface area contributed by atoms with Crippen LogP contribution in [0, 0.1) is 6.92 Å². The fourth-order valence-corrected chi connectivity index (χ4v) is 3.02. The van der Waals surface area contributed by atoms with Gasteiger partial charge >= 0.3 is 0 Å². The lowest BCUT2D eigenvalue weighted by Gasteiger charge is -2.10. The summed E-state index contributed by atoms with van der Waals surface area (Å²) in [4.78, 5) is 12.1. The summed E-state index contributed by atoms with van der Waals surface area (Å²) in [5.74, 6) is 1.24. The van der Waals surface area contributed by atoms with Crippen molar-refractivity contribution in [2.45, 2.75) is 13.5 Å². The lowest BCUT2D eigenvalue weighted by molar-refractivity contribution is -0.118. The Labute approximate surface area is 166 Å². The summed E-state index contributed by atoms with van der Waals surface area (Å²) < 4.78 is 11.0. The molecule has 1 heterocycles. The zero-order valence-electron chi connectivity index (χ0n) is 14.5. The van der Waals surface area contributed by atoms with Gasteiger partial charge in [0.25, 0.3) is 5.91 Å². The molecule has 0 bridgehead atoms. The molecule has 0 aliphatic heterocycles. The summed E-state index contributed by atoms with van der Waals surface area (Å²) in [5, 5.41) is 12.7. The third-order valence-corrected chi connectivity index (χ3v) is 4.38. The second kappa shape index (κ2) is 8.48. The third-order valence-electron chi connectivity index (χ3n) is 3.85. The maximum absolute atomic E-state index is 12.1. The van der Waals surface area contributed by atoms with Crippen molar-refractivity contribution in [2.24, 2.45) is 0 Å². The molecule has 0 aliphatic carbocycles. The molecule has 1 amide bonds. The van der Waals surface area contributed by atoms with Crippen molar-refractivity contribution in [2.75, 3.05) is 11.9 Å². The number of aryl methyl sites for hydroxylation is 1. The van der Waals surface area contributed by atoms with E-state index in [2.05, 4.69) is 5.32 Å². The Balaban J connectivity index is 1.63. The molecule has 0 radical (unpaired) electrons. The van der Waals surface area contributed by atoms with Crippen LogP contribution in [0.5, 0.6) is 5.75 Å². The van der Waals surface area contributed by atoms with Gasteiger partial charge in [-0.15, -0.1) is 0 Å². The predicted molar refractivity (Wildman–Crippen MR) is 105 cm³/mol. The number of hydrogen-bond acceptors (Lipinski definition) is 4. The molecule has 0 atom stereocenters. The first-order valence-corrected chi connectivity index (χ1v) is 8.90. The molecule has 3 aromatic rings. The lowest BCUT2D eigenvalue weighted by atomic mass is 10.1. The minimum atomic E-state index is -0.311. The van der Waals surface area contributed by atoms with Crippen LogP contribution < -0.4 is 10.1 Å². The summed E-state index contributed by atoms with van der Waals surface area (Å²) in [7, 11) is 0. The summed E-state index contributed by atoms with van der Waals surface area (Å²) in [5.41, 5.74) is 2.45. The van der Waals surface area contributed by atoms with Crippen LogP contribution in [0.3, 0.4) is 0 Å². The molecule has 2 N–H and O–H groups in total. The number of carbonyl (C=O) groups is 1. The molecule has 0 saturated heterocycles. The van der Waals surface area contributed by atoms with Gasteiger partial charge in [-0.3, -0.25) is 4.79 Å². The normalized spacial score (nSPS) is 10.7. The van der Waals surface area contributed by atoms with E-state index < -0.39 is 0 Å². The van der Waals surface area contributed by atoms with Crippen LogP contribution in [0.15, 0.2) is 52.9 Å². The molecule has 3 rings (SSSR count). The molecule has 1 aromatic heterocycles. The van der Waals surface area contributed by atoms with Crippen LogP contribution in [-0.4, -0.2) is 17.6 Å². The first-order chi connectivity index (χ1) is 13.0. The second-order valence-corrected chi connectivity index (χ2v) is 6.71. The van der Waals surface area contributed by atoms with Crippen LogP contribution in [0.25, 0.3) is 11.3 Å². The third kappa shape index (κ3) is 4.83. The van der Waals surface area contributed by atoms with Gasteiger partial charge in [-0.25, -0.2) is 0 Å². The quantitative estimate of drug-likeness (QED) is 0.600. The average Bonchev–Trinajstić information content (AvgIpc) is 3.10. The molecule has 5 nitrogen and oxygen atoms in total. The minimum absolute atomic E-state index is 0.148. The molecular formula is C20H17Cl2NO4. The van der Waals surface area contributed by atoms with Gasteiger partial charge in [-0.2, -0.15) is 0 Å². The van der Waals surface area contributed by atoms with E-state index in [1.807, 2.05) is 19.1 Å². The van der Waals surface area contributed by atoms with Gasteiger partial charge in [-0.05, 0) is 61.0 Å². The molecule has 27 heavy (non-hydrogen) atoms. The minimum Gasteiger partial charge on any atom is -0.482 e. The van der Waals surface area contributed by atoms with Crippen LogP contribution in [0.4, 0.5) is 5.69 Å². The van der Waals surface area contributed by atoms with Gasteiger partial charge in [0.05, 0.1) is 5.02 Å². The van der Waals surface area contributed by atoms with Gasteiger partial charge < -0.3 is 19.6 Å². The number of aliphatic hydroxyl groups is 1. The average molecular weight is 406 g/mol. The molecule has 0 spiro atoms. The summed E-state index contributed by atoms with van der Waals surface area (Å²) in [6.45, 7) is 1.58. The fourth-order valence-electron chi connectivity index (χ4n) is 2.56. The molecule has 0 fully saturated rings. The highest BCUT2D eigenvalue weighted by atomic mass is 35.5. The standard InChI is InChI=1S/C20H17Cl2NO4/c1-12-8-14(3-5-16(12)18-7-4-15(10-24)27-18)23-20(25)11-26-19-6-2-13(21)9-17(19)22/h2-9,24H,10-11H2,1H3,(H,23,25). The number of furan rings is 1. The predicted octanol–water partition coefficient (Wildman–Crippen LogP) is 5.07. The van der Waals surface area contributed by atoms with E-state index in [-0.39, 0.29) is 19.1 Å². The van der Waals surface area contributed by atoms with Crippen molar-refractivity contribution in [1.82, 2.24) is 0 Å². The fraction of sp³-hybridized carbons (Fsp3) is 0.150. The van der Waals surface area contributed by atoms with Crippen LogP contribution in [-0.2, 0) is 11.4 Å². The van der Waals surface area contributed by atoms with E-state index in [0.717, 1.165) is 11.1 Å². The Morgan fingerprint density at radius 1 is 1.15 bits per heavy atom. The summed E-state index contributed by atoms with van der Waals surface area (Å²) >= 11 is 11.8. The van der Waals surface area contributed by atoms with Crippen LogP contribution in [0.1, 0.15) is 11.3 Å². The monoisotopic (exact) mass is 405 g/mol. The van der Waals surface area contributed by atoms with Crippen molar-refractivity contribution >= 4 is 34.8 Å². The second-order valence-electron chi connectivity index (χ2n) is 5.87. The first kappa shape index (κ1) is 19.3. The number of nitrogens with one attached hydrogen (secondary N) is 1. The molecular weight excluding hydrogens is 389 g/mol. The molecule has 2 aromatic carbocycles. The number of benzene rings is 2. The summed E-state index contributed by atoms with van der Waals surface area (Å²) in [6.07, 6.45) is 0. The van der Waals surface area contributed by atoms with Gasteiger partial charge in [0, 0.05) is 16.3 Å². The highest BCUT2D eigenvalue weighted by Gasteiger charge is 2.10. The largest absolute Gasteiger partial charge is 0.482 e. The van der Waals surface area contributed by atoms with E-state index in [4.69, 9.17) is 37.5 Å². The van der Waals surface area contributed by atoms with Crippen molar-refractivity contribution in [1.29, 1.82) is 0 Å². The number of carbonyl (C=O) groups excluding carboxylic acids is 1. The SMILES string of the molecule is Cc1cc(NC(=O)COc2ccc(Cl)cc2Cl)ccc1-c1ccc(CO)o1. The van der Waals surface area contributed by atoms with Crippen molar-refractivity contribution in [3.05, 3.63) is 69.9 Å². The van der Waals surface area contributed by atoms with Crippen LogP contribution >= 0.6 is 23.2 Å². The van der Waals surface area contributed by atoms with Gasteiger partial charge in [0.15, 0.2) is 6.61 Å². The molecule has 7 heteroatoms. The molecule has 140 valence electrons. The summed E-state index contributed by atoms with van der Waals surface area (Å²) in [6, 6.07) is 13.8. The van der Waals surface area contributed by atoms with Gasteiger partial charge in [-0.1, -0.05) is 23.2 Å².